The first-order valence-corrected chi connectivity index (χ1v) is 11.9. The molecule has 11 heteroatoms. The van der Waals surface area contributed by atoms with E-state index in [1.54, 1.807) is 18.2 Å². The fraction of sp³-hybridized carbons (Fsp3) is 0.120. The number of aromatic nitrogens is 1. The number of hydroxylamine groups is 2. The van der Waals surface area contributed by atoms with Crippen LogP contribution in [0.4, 0.5) is 10.1 Å². The molecule has 184 valence electrons. The van der Waals surface area contributed by atoms with E-state index >= 15 is 0 Å². The smallest absolute Gasteiger partial charge is 0.287 e. The molecule has 4 aromatic rings. The third-order valence-electron chi connectivity index (χ3n) is 5.02. The second kappa shape index (κ2) is 11.2. The highest BCUT2D eigenvalue weighted by Gasteiger charge is 2.18. The van der Waals surface area contributed by atoms with Crippen molar-refractivity contribution in [2.24, 2.45) is 0 Å². The lowest BCUT2D eigenvalue weighted by Gasteiger charge is -2.12. The molecule has 8 nitrogen and oxygen atoms in total. The number of ether oxygens (including phenoxy) is 1. The average molecular weight is 525 g/mol. The van der Waals surface area contributed by atoms with E-state index in [2.05, 4.69) is 15.6 Å². The SMILES string of the molecule is CON(C)C(=O)c1cc2nccc(Oc3ccc(NC(=S)NC(=O)Cc4ccccc4)cc3F)c2s1. The van der Waals surface area contributed by atoms with Gasteiger partial charge in [-0.3, -0.25) is 19.4 Å². The number of fused-ring (bicyclic) bond motifs is 1. The van der Waals surface area contributed by atoms with Crippen LogP contribution in [0.2, 0.25) is 0 Å². The van der Waals surface area contributed by atoms with Gasteiger partial charge in [-0.1, -0.05) is 30.3 Å². The van der Waals surface area contributed by atoms with Crippen LogP contribution in [-0.2, 0) is 16.1 Å². The van der Waals surface area contributed by atoms with Crippen LogP contribution in [0.15, 0.2) is 66.9 Å². The van der Waals surface area contributed by atoms with Crippen molar-refractivity contribution in [2.45, 2.75) is 6.42 Å². The van der Waals surface area contributed by atoms with E-state index in [0.717, 1.165) is 10.6 Å². The Morgan fingerprint density at radius 1 is 1.11 bits per heavy atom. The molecule has 2 aromatic carbocycles. The highest BCUT2D eigenvalue weighted by atomic mass is 32.1. The first-order chi connectivity index (χ1) is 17.3. The third-order valence-corrected chi connectivity index (χ3v) is 6.35. The number of carbonyl (C=O) groups is 2. The molecule has 4 rings (SSSR count). The highest BCUT2D eigenvalue weighted by Crippen LogP contribution is 2.36. The standard InChI is InChI=1S/C25H21FN4O4S2/c1-30(33-2)24(32)21-14-18-23(36-21)20(10-11-27-18)34-19-9-8-16(13-17(19)26)28-25(35)29-22(31)12-15-6-4-3-5-7-15/h3-11,13-14H,12H2,1-2H3,(H2,28,29,31,35). The Bertz CT molecular complexity index is 1430. The maximum absolute atomic E-state index is 14.8. The van der Waals surface area contributed by atoms with Crippen LogP contribution in [0.5, 0.6) is 11.5 Å². The van der Waals surface area contributed by atoms with E-state index in [0.29, 0.717) is 26.5 Å². The predicted octanol–water partition coefficient (Wildman–Crippen LogP) is 4.92. The van der Waals surface area contributed by atoms with Crippen LogP contribution in [0.1, 0.15) is 15.2 Å². The number of thiocarbonyl (C=S) groups is 1. The number of pyridine rings is 1. The van der Waals surface area contributed by atoms with Crippen molar-refractivity contribution in [1.82, 2.24) is 15.4 Å². The topological polar surface area (TPSA) is 92.8 Å². The van der Waals surface area contributed by atoms with Gasteiger partial charge in [0.15, 0.2) is 16.7 Å². The second-order valence-electron chi connectivity index (χ2n) is 7.53. The number of thiophene rings is 1. The minimum atomic E-state index is -0.643. The van der Waals surface area contributed by atoms with Gasteiger partial charge < -0.3 is 15.4 Å². The van der Waals surface area contributed by atoms with Gasteiger partial charge in [-0.25, -0.2) is 9.45 Å². The number of amides is 2. The molecule has 0 bridgehead atoms. The Morgan fingerprint density at radius 2 is 1.89 bits per heavy atom. The van der Waals surface area contributed by atoms with E-state index in [1.165, 1.54) is 43.8 Å². The van der Waals surface area contributed by atoms with E-state index in [9.17, 15) is 14.0 Å². The van der Waals surface area contributed by atoms with Crippen molar-refractivity contribution in [3.8, 4) is 11.5 Å². The van der Waals surface area contributed by atoms with Crippen molar-refractivity contribution < 1.29 is 23.6 Å². The summed E-state index contributed by atoms with van der Waals surface area (Å²) in [6, 6.07) is 16.7. The summed E-state index contributed by atoms with van der Waals surface area (Å²) in [5.74, 6) is -0.934. The second-order valence-corrected chi connectivity index (χ2v) is 8.99. The Balaban J connectivity index is 1.43. The molecule has 2 N–H and O–H groups in total. The summed E-state index contributed by atoms with van der Waals surface area (Å²) < 4.78 is 21.2. The third kappa shape index (κ3) is 6.00. The molecule has 36 heavy (non-hydrogen) atoms. The lowest BCUT2D eigenvalue weighted by atomic mass is 10.1. The fourth-order valence-electron chi connectivity index (χ4n) is 3.23. The number of benzene rings is 2. The number of rotatable bonds is 7. The number of carbonyl (C=O) groups excluding carboxylic acids is 2. The zero-order chi connectivity index (χ0) is 25.7. The number of hydrogen-bond acceptors (Lipinski definition) is 7. The van der Waals surface area contributed by atoms with E-state index in [1.807, 2.05) is 30.3 Å². The van der Waals surface area contributed by atoms with Crippen LogP contribution in [0, 0.1) is 5.82 Å². The summed E-state index contributed by atoms with van der Waals surface area (Å²) in [4.78, 5) is 34.2. The minimum absolute atomic E-state index is 0.0256. The molecule has 0 spiro atoms. The monoisotopic (exact) mass is 524 g/mol. The van der Waals surface area contributed by atoms with Gasteiger partial charge in [0.1, 0.15) is 5.75 Å². The van der Waals surface area contributed by atoms with Crippen molar-refractivity contribution in [3.05, 3.63) is 83.1 Å². The Morgan fingerprint density at radius 3 is 2.61 bits per heavy atom. The van der Waals surface area contributed by atoms with E-state index in [4.69, 9.17) is 21.8 Å². The van der Waals surface area contributed by atoms with Gasteiger partial charge in [0.2, 0.25) is 5.91 Å². The van der Waals surface area contributed by atoms with Gasteiger partial charge in [-0.15, -0.1) is 11.3 Å². The summed E-state index contributed by atoms with van der Waals surface area (Å²) in [5.41, 5.74) is 1.74. The summed E-state index contributed by atoms with van der Waals surface area (Å²) in [6.45, 7) is 0. The first kappa shape index (κ1) is 25.2. The molecule has 0 atom stereocenters. The van der Waals surface area contributed by atoms with E-state index in [-0.39, 0.29) is 29.1 Å². The van der Waals surface area contributed by atoms with Crippen molar-refractivity contribution >= 4 is 56.4 Å². The molecule has 0 saturated carbocycles. The summed E-state index contributed by atoms with van der Waals surface area (Å²) in [5, 5.41) is 6.53. The van der Waals surface area contributed by atoms with Crippen molar-refractivity contribution in [1.29, 1.82) is 0 Å². The molecule has 2 heterocycles. The summed E-state index contributed by atoms with van der Waals surface area (Å²) in [7, 11) is 2.90. The average Bonchev–Trinajstić information content (AvgIpc) is 3.30. The lowest BCUT2D eigenvalue weighted by molar-refractivity contribution is -0.119. The zero-order valence-electron chi connectivity index (χ0n) is 19.3. The number of nitrogens with zero attached hydrogens (tertiary/aromatic N) is 2. The van der Waals surface area contributed by atoms with Crippen LogP contribution >= 0.6 is 23.6 Å². The summed E-state index contributed by atoms with van der Waals surface area (Å²) in [6.07, 6.45) is 1.69. The molecule has 0 aliphatic heterocycles. The number of halogens is 1. The van der Waals surface area contributed by atoms with Gasteiger partial charge in [0.25, 0.3) is 5.91 Å². The fourth-order valence-corrected chi connectivity index (χ4v) is 4.50. The number of nitrogens with one attached hydrogen (secondary N) is 2. The van der Waals surface area contributed by atoms with E-state index < -0.39 is 5.82 Å². The molecule has 0 aliphatic carbocycles. The van der Waals surface area contributed by atoms with Gasteiger partial charge in [0.05, 0.1) is 28.6 Å². The first-order valence-electron chi connectivity index (χ1n) is 10.7. The van der Waals surface area contributed by atoms with Crippen LogP contribution in [0.3, 0.4) is 0 Å². The predicted molar refractivity (Wildman–Crippen MR) is 140 cm³/mol. The maximum Gasteiger partial charge on any atom is 0.287 e. The van der Waals surface area contributed by atoms with Gasteiger partial charge >= 0.3 is 0 Å². The molecular formula is C25H21FN4O4S2. The molecule has 0 fully saturated rings. The quantitative estimate of drug-likeness (QED) is 0.262. The maximum atomic E-state index is 14.8. The Labute approximate surface area is 215 Å². The Kier molecular flexibility index (Phi) is 7.84. The number of hydrogen-bond donors (Lipinski definition) is 2. The minimum Gasteiger partial charge on any atom is -0.453 e. The molecule has 0 unspecified atom stereocenters. The van der Waals surface area contributed by atoms with Gasteiger partial charge in [-0.2, -0.15) is 0 Å². The molecule has 2 aromatic heterocycles. The zero-order valence-corrected chi connectivity index (χ0v) is 20.9. The molecule has 0 radical (unpaired) electrons. The van der Waals surface area contributed by atoms with Crippen molar-refractivity contribution in [3.63, 3.8) is 0 Å². The van der Waals surface area contributed by atoms with Crippen LogP contribution < -0.4 is 15.4 Å². The molecule has 0 aliphatic rings. The molecular weight excluding hydrogens is 503 g/mol. The Hall–Kier alpha value is -3.93. The molecule has 2 amide bonds. The summed E-state index contributed by atoms with van der Waals surface area (Å²) >= 11 is 6.34. The largest absolute Gasteiger partial charge is 0.453 e. The van der Waals surface area contributed by atoms with Crippen molar-refractivity contribution in [2.75, 3.05) is 19.5 Å². The van der Waals surface area contributed by atoms with Gasteiger partial charge in [-0.05, 0) is 36.0 Å². The number of anilines is 1. The van der Waals surface area contributed by atoms with Gasteiger partial charge in [0, 0.05) is 31.1 Å². The van der Waals surface area contributed by atoms with Crippen LogP contribution in [-0.4, -0.2) is 41.1 Å². The normalized spacial score (nSPS) is 10.6. The lowest BCUT2D eigenvalue weighted by Crippen LogP contribution is -2.35. The molecule has 0 saturated heterocycles. The van der Waals surface area contributed by atoms with Crippen LogP contribution in [0.25, 0.3) is 10.2 Å². The highest BCUT2D eigenvalue weighted by molar-refractivity contribution is 7.80.